The number of hydrogen-bond acceptors (Lipinski definition) is 2. The summed E-state index contributed by atoms with van der Waals surface area (Å²) in [7, 11) is 0. The molecule has 102 valence electrons. The van der Waals surface area contributed by atoms with E-state index in [4.69, 9.17) is 0 Å². The first kappa shape index (κ1) is 12.7. The van der Waals surface area contributed by atoms with Gasteiger partial charge in [-0.2, -0.15) is 0 Å². The van der Waals surface area contributed by atoms with Gasteiger partial charge in [0, 0.05) is 39.1 Å². The van der Waals surface area contributed by atoms with Crippen LogP contribution < -0.4 is 0 Å². The second-order valence-electron chi connectivity index (χ2n) is 5.79. The van der Waals surface area contributed by atoms with Crippen LogP contribution in [0.2, 0.25) is 0 Å². The zero-order valence-corrected chi connectivity index (χ0v) is 11.4. The third-order valence-electron chi connectivity index (χ3n) is 4.13. The van der Waals surface area contributed by atoms with Gasteiger partial charge in [-0.15, -0.1) is 0 Å². The van der Waals surface area contributed by atoms with E-state index >= 15 is 0 Å². The van der Waals surface area contributed by atoms with Crippen LogP contribution in [-0.2, 0) is 11.3 Å². The van der Waals surface area contributed by atoms with Crippen LogP contribution in [0.25, 0.3) is 0 Å². The smallest absolute Gasteiger partial charge is 0.222 e. The predicted octanol–water partition coefficient (Wildman–Crippen LogP) is 2.13. The summed E-state index contributed by atoms with van der Waals surface area (Å²) in [5, 5.41) is 0. The van der Waals surface area contributed by atoms with Crippen LogP contribution in [0.3, 0.4) is 0 Å². The molecule has 0 atom stereocenters. The van der Waals surface area contributed by atoms with Crippen LogP contribution >= 0.6 is 0 Å². The van der Waals surface area contributed by atoms with Crippen LogP contribution in [0.5, 0.6) is 0 Å². The van der Waals surface area contributed by atoms with E-state index in [9.17, 15) is 4.79 Å². The molecule has 2 fully saturated rings. The maximum Gasteiger partial charge on any atom is 0.222 e. The first-order valence-electron chi connectivity index (χ1n) is 7.35. The lowest BCUT2D eigenvalue weighted by atomic mass is 10.2. The molecule has 3 rings (SSSR count). The minimum Gasteiger partial charge on any atom is -0.340 e. The number of amides is 1. The van der Waals surface area contributed by atoms with E-state index < -0.39 is 0 Å². The molecule has 1 amide bonds. The van der Waals surface area contributed by atoms with Crippen molar-refractivity contribution in [2.75, 3.05) is 26.2 Å². The average Bonchev–Trinajstić information content (AvgIpc) is 3.25. The van der Waals surface area contributed by atoms with Gasteiger partial charge in [0.2, 0.25) is 5.91 Å². The Morgan fingerprint density at radius 2 is 1.74 bits per heavy atom. The Hall–Kier alpha value is -1.35. The fourth-order valence-electron chi connectivity index (χ4n) is 2.70. The second-order valence-corrected chi connectivity index (χ2v) is 5.79. The Morgan fingerprint density at radius 3 is 2.37 bits per heavy atom. The van der Waals surface area contributed by atoms with Gasteiger partial charge in [0.1, 0.15) is 0 Å². The SMILES string of the molecule is O=C(CC1CC1)N1CCN(Cc2ccccc2)CC1. The number of benzene rings is 1. The van der Waals surface area contributed by atoms with E-state index in [2.05, 4.69) is 40.1 Å². The highest BCUT2D eigenvalue weighted by Gasteiger charge is 2.28. The Kier molecular flexibility index (Phi) is 3.83. The van der Waals surface area contributed by atoms with Crippen molar-refractivity contribution in [1.82, 2.24) is 9.80 Å². The van der Waals surface area contributed by atoms with Gasteiger partial charge in [0.25, 0.3) is 0 Å². The molecule has 1 saturated heterocycles. The molecule has 1 aromatic rings. The topological polar surface area (TPSA) is 23.6 Å². The lowest BCUT2D eigenvalue weighted by Crippen LogP contribution is -2.48. The third-order valence-corrected chi connectivity index (χ3v) is 4.13. The van der Waals surface area contributed by atoms with Gasteiger partial charge in [-0.25, -0.2) is 0 Å². The van der Waals surface area contributed by atoms with Crippen molar-refractivity contribution in [2.24, 2.45) is 5.92 Å². The van der Waals surface area contributed by atoms with Crippen molar-refractivity contribution in [3.8, 4) is 0 Å². The van der Waals surface area contributed by atoms with Gasteiger partial charge in [-0.05, 0) is 24.3 Å². The number of piperazine rings is 1. The van der Waals surface area contributed by atoms with Crippen molar-refractivity contribution in [3.63, 3.8) is 0 Å². The maximum atomic E-state index is 12.0. The molecule has 0 radical (unpaired) electrons. The summed E-state index contributed by atoms with van der Waals surface area (Å²) in [6.45, 7) is 4.82. The van der Waals surface area contributed by atoms with E-state index in [-0.39, 0.29) is 0 Å². The summed E-state index contributed by atoms with van der Waals surface area (Å²) in [6.07, 6.45) is 3.32. The molecule has 3 nitrogen and oxygen atoms in total. The van der Waals surface area contributed by atoms with Crippen molar-refractivity contribution in [3.05, 3.63) is 35.9 Å². The van der Waals surface area contributed by atoms with E-state index in [1.165, 1.54) is 18.4 Å². The summed E-state index contributed by atoms with van der Waals surface area (Å²) in [6, 6.07) is 10.6. The van der Waals surface area contributed by atoms with Gasteiger partial charge in [0.15, 0.2) is 0 Å². The molecule has 0 N–H and O–H groups in total. The lowest BCUT2D eigenvalue weighted by molar-refractivity contribution is -0.133. The Labute approximate surface area is 115 Å². The predicted molar refractivity (Wildman–Crippen MR) is 75.6 cm³/mol. The molecule has 1 saturated carbocycles. The van der Waals surface area contributed by atoms with E-state index in [0.717, 1.165) is 39.1 Å². The molecular formula is C16H22N2O. The van der Waals surface area contributed by atoms with E-state index in [0.29, 0.717) is 11.8 Å². The summed E-state index contributed by atoms with van der Waals surface area (Å²) < 4.78 is 0. The lowest BCUT2D eigenvalue weighted by Gasteiger charge is -2.34. The van der Waals surface area contributed by atoms with Gasteiger partial charge in [0.05, 0.1) is 0 Å². The summed E-state index contributed by atoms with van der Waals surface area (Å²) >= 11 is 0. The summed E-state index contributed by atoms with van der Waals surface area (Å²) in [5.41, 5.74) is 1.36. The first-order valence-corrected chi connectivity index (χ1v) is 7.35. The Balaban J connectivity index is 1.45. The number of carbonyl (C=O) groups is 1. The van der Waals surface area contributed by atoms with Crippen molar-refractivity contribution >= 4 is 5.91 Å². The Morgan fingerprint density at radius 1 is 1.05 bits per heavy atom. The minimum atomic E-state index is 0.377. The van der Waals surface area contributed by atoms with Crippen LogP contribution in [-0.4, -0.2) is 41.9 Å². The van der Waals surface area contributed by atoms with Crippen molar-refractivity contribution in [1.29, 1.82) is 0 Å². The monoisotopic (exact) mass is 258 g/mol. The molecule has 1 aliphatic carbocycles. The number of rotatable bonds is 4. The minimum absolute atomic E-state index is 0.377. The highest BCUT2D eigenvalue weighted by Crippen LogP contribution is 2.32. The molecular weight excluding hydrogens is 236 g/mol. The van der Waals surface area contributed by atoms with Crippen molar-refractivity contribution < 1.29 is 4.79 Å². The highest BCUT2D eigenvalue weighted by molar-refractivity contribution is 5.76. The number of hydrogen-bond donors (Lipinski definition) is 0. The molecule has 1 heterocycles. The van der Waals surface area contributed by atoms with Crippen LogP contribution in [0.15, 0.2) is 30.3 Å². The van der Waals surface area contributed by atoms with E-state index in [1.54, 1.807) is 0 Å². The van der Waals surface area contributed by atoms with Gasteiger partial charge < -0.3 is 4.90 Å². The third kappa shape index (κ3) is 3.57. The summed E-state index contributed by atoms with van der Waals surface area (Å²) in [5.74, 6) is 1.08. The first-order chi connectivity index (χ1) is 9.31. The molecule has 3 heteroatoms. The number of nitrogens with zero attached hydrogens (tertiary/aromatic N) is 2. The van der Waals surface area contributed by atoms with Crippen LogP contribution in [0.1, 0.15) is 24.8 Å². The molecule has 0 aromatic heterocycles. The molecule has 0 spiro atoms. The molecule has 0 unspecified atom stereocenters. The van der Waals surface area contributed by atoms with Crippen LogP contribution in [0, 0.1) is 5.92 Å². The quantitative estimate of drug-likeness (QED) is 0.826. The van der Waals surface area contributed by atoms with Crippen LogP contribution in [0.4, 0.5) is 0 Å². The average molecular weight is 258 g/mol. The molecule has 1 aliphatic heterocycles. The fraction of sp³-hybridized carbons (Fsp3) is 0.562. The zero-order valence-electron chi connectivity index (χ0n) is 11.4. The number of carbonyl (C=O) groups excluding carboxylic acids is 1. The molecule has 0 bridgehead atoms. The zero-order chi connectivity index (χ0) is 13.1. The van der Waals surface area contributed by atoms with Gasteiger partial charge in [-0.3, -0.25) is 9.69 Å². The largest absolute Gasteiger partial charge is 0.340 e. The standard InChI is InChI=1S/C16H22N2O/c19-16(12-14-6-7-14)18-10-8-17(9-11-18)13-15-4-2-1-3-5-15/h1-5,14H,6-13H2. The van der Waals surface area contributed by atoms with Gasteiger partial charge in [-0.1, -0.05) is 30.3 Å². The molecule has 1 aromatic carbocycles. The fourth-order valence-corrected chi connectivity index (χ4v) is 2.70. The summed E-state index contributed by atoms with van der Waals surface area (Å²) in [4.78, 5) is 16.5. The van der Waals surface area contributed by atoms with Crippen molar-refractivity contribution in [2.45, 2.75) is 25.8 Å². The normalized spacial score (nSPS) is 20.5. The van der Waals surface area contributed by atoms with E-state index in [1.807, 2.05) is 0 Å². The maximum absolute atomic E-state index is 12.0. The van der Waals surface area contributed by atoms with Gasteiger partial charge >= 0.3 is 0 Å². The second kappa shape index (κ2) is 5.74. The highest BCUT2D eigenvalue weighted by atomic mass is 16.2. The molecule has 2 aliphatic rings. The molecule has 19 heavy (non-hydrogen) atoms. The Bertz CT molecular complexity index is 420.